The zero-order chi connectivity index (χ0) is 17.6. The minimum atomic E-state index is -4.53. The lowest BCUT2D eigenvalue weighted by Crippen LogP contribution is -2.53. The monoisotopic (exact) mass is 346 g/mol. The smallest absolute Gasteiger partial charge is 0.326 e. The van der Waals surface area contributed by atoms with Gasteiger partial charge in [0.15, 0.2) is 0 Å². The van der Waals surface area contributed by atoms with Crippen LogP contribution in [0.4, 0.5) is 13.2 Å². The van der Waals surface area contributed by atoms with Crippen LogP contribution in [0.5, 0.6) is 0 Å². The first-order valence-corrected chi connectivity index (χ1v) is 8.24. The highest BCUT2D eigenvalue weighted by atomic mass is 19.4. The molecule has 2 aromatic rings. The molecule has 0 aliphatic carbocycles. The molecule has 2 aromatic carbocycles. The molecule has 0 bridgehead atoms. The number of piperazine rings is 1. The third-order valence-electron chi connectivity index (χ3n) is 4.97. The summed E-state index contributed by atoms with van der Waals surface area (Å²) >= 11 is 0. The number of alkyl halides is 3. The molecule has 4 rings (SSSR count). The van der Waals surface area contributed by atoms with Gasteiger partial charge in [-0.05, 0) is 23.6 Å². The topological polar surface area (TPSA) is 32.3 Å². The first-order valence-electron chi connectivity index (χ1n) is 8.24. The van der Waals surface area contributed by atoms with Crippen molar-refractivity contribution in [1.29, 1.82) is 0 Å². The number of amides is 1. The summed E-state index contributed by atoms with van der Waals surface area (Å²) in [7, 11) is 0. The SMILES string of the molecule is O=C1c2c(cccc2C(F)(F)F)[C@H]2CNC[C@H](Cc3ccccc3)N12. The minimum absolute atomic E-state index is 0.165. The molecule has 0 saturated carbocycles. The van der Waals surface area contributed by atoms with Gasteiger partial charge in [0.1, 0.15) is 0 Å². The van der Waals surface area contributed by atoms with Gasteiger partial charge in [-0.3, -0.25) is 4.79 Å². The lowest BCUT2D eigenvalue weighted by molar-refractivity contribution is -0.137. The summed E-state index contributed by atoms with van der Waals surface area (Å²) in [6.45, 7) is 1.05. The maximum atomic E-state index is 13.4. The van der Waals surface area contributed by atoms with Crippen molar-refractivity contribution in [2.45, 2.75) is 24.7 Å². The maximum Gasteiger partial charge on any atom is 0.417 e. The van der Waals surface area contributed by atoms with Gasteiger partial charge in [-0.15, -0.1) is 0 Å². The zero-order valence-corrected chi connectivity index (χ0v) is 13.4. The van der Waals surface area contributed by atoms with Crippen LogP contribution >= 0.6 is 0 Å². The van der Waals surface area contributed by atoms with E-state index in [-0.39, 0.29) is 17.6 Å². The summed E-state index contributed by atoms with van der Waals surface area (Å²) < 4.78 is 40.1. The molecule has 2 atom stereocenters. The third kappa shape index (κ3) is 2.70. The Bertz CT molecular complexity index is 804. The van der Waals surface area contributed by atoms with Gasteiger partial charge in [-0.2, -0.15) is 13.2 Å². The molecule has 25 heavy (non-hydrogen) atoms. The molecule has 6 heteroatoms. The van der Waals surface area contributed by atoms with Crippen molar-refractivity contribution in [3.05, 3.63) is 70.8 Å². The number of nitrogens with one attached hydrogen (secondary N) is 1. The van der Waals surface area contributed by atoms with Crippen LogP contribution in [0.3, 0.4) is 0 Å². The number of fused-ring (bicyclic) bond motifs is 3. The lowest BCUT2D eigenvalue weighted by atomic mass is 9.97. The molecule has 2 aliphatic heterocycles. The number of rotatable bonds is 2. The fraction of sp³-hybridized carbons (Fsp3) is 0.316. The largest absolute Gasteiger partial charge is 0.417 e. The highest BCUT2D eigenvalue weighted by molar-refractivity contribution is 6.01. The van der Waals surface area contributed by atoms with Crippen LogP contribution in [0.2, 0.25) is 0 Å². The first-order chi connectivity index (χ1) is 12.0. The quantitative estimate of drug-likeness (QED) is 0.904. The third-order valence-corrected chi connectivity index (χ3v) is 4.97. The van der Waals surface area contributed by atoms with Crippen LogP contribution < -0.4 is 5.32 Å². The van der Waals surface area contributed by atoms with Gasteiger partial charge in [0, 0.05) is 19.1 Å². The Labute approximate surface area is 143 Å². The minimum Gasteiger partial charge on any atom is -0.326 e. The average Bonchev–Trinajstić information content (AvgIpc) is 2.89. The van der Waals surface area contributed by atoms with E-state index in [0.29, 0.717) is 25.1 Å². The van der Waals surface area contributed by atoms with Gasteiger partial charge in [0.2, 0.25) is 0 Å². The van der Waals surface area contributed by atoms with Crippen molar-refractivity contribution in [2.24, 2.45) is 0 Å². The van der Waals surface area contributed by atoms with Crippen LogP contribution in [-0.4, -0.2) is 29.9 Å². The second-order valence-electron chi connectivity index (χ2n) is 6.50. The van der Waals surface area contributed by atoms with Crippen molar-refractivity contribution in [2.75, 3.05) is 13.1 Å². The molecule has 0 aromatic heterocycles. The average molecular weight is 346 g/mol. The summed E-state index contributed by atoms with van der Waals surface area (Å²) in [5.74, 6) is -0.504. The Morgan fingerprint density at radius 3 is 2.52 bits per heavy atom. The van der Waals surface area contributed by atoms with E-state index in [9.17, 15) is 18.0 Å². The van der Waals surface area contributed by atoms with Gasteiger partial charge in [0.05, 0.1) is 17.2 Å². The van der Waals surface area contributed by atoms with Crippen LogP contribution in [0.15, 0.2) is 48.5 Å². The fourth-order valence-corrected chi connectivity index (χ4v) is 3.91. The van der Waals surface area contributed by atoms with Crippen molar-refractivity contribution in [1.82, 2.24) is 10.2 Å². The summed E-state index contributed by atoms with van der Waals surface area (Å²) in [5, 5.41) is 3.27. The van der Waals surface area contributed by atoms with E-state index in [2.05, 4.69) is 5.32 Å². The Kier molecular flexibility index (Phi) is 3.80. The van der Waals surface area contributed by atoms with Gasteiger partial charge >= 0.3 is 6.18 Å². The Morgan fingerprint density at radius 1 is 1.04 bits per heavy atom. The number of hydrogen-bond donors (Lipinski definition) is 1. The zero-order valence-electron chi connectivity index (χ0n) is 13.4. The van der Waals surface area contributed by atoms with E-state index >= 15 is 0 Å². The van der Waals surface area contributed by atoms with E-state index in [1.165, 1.54) is 6.07 Å². The van der Waals surface area contributed by atoms with E-state index in [4.69, 9.17) is 0 Å². The van der Waals surface area contributed by atoms with Crippen LogP contribution in [0.1, 0.15) is 33.1 Å². The van der Waals surface area contributed by atoms with Gasteiger partial charge < -0.3 is 10.2 Å². The molecule has 2 aliphatic rings. The van der Waals surface area contributed by atoms with Crippen molar-refractivity contribution >= 4 is 5.91 Å². The number of halogens is 3. The van der Waals surface area contributed by atoms with Gasteiger partial charge in [-0.1, -0.05) is 42.5 Å². The first kappa shape index (κ1) is 16.1. The van der Waals surface area contributed by atoms with Crippen LogP contribution in [0, 0.1) is 0 Å². The molecule has 1 amide bonds. The number of carbonyl (C=O) groups excluding carboxylic acids is 1. The van der Waals surface area contributed by atoms with Crippen molar-refractivity contribution < 1.29 is 18.0 Å². The summed E-state index contributed by atoms with van der Waals surface area (Å²) in [6, 6.07) is 13.2. The van der Waals surface area contributed by atoms with Crippen molar-refractivity contribution in [3.63, 3.8) is 0 Å². The van der Waals surface area contributed by atoms with E-state index < -0.39 is 17.6 Å². The molecule has 0 unspecified atom stereocenters. The Morgan fingerprint density at radius 2 is 1.80 bits per heavy atom. The summed E-state index contributed by atoms with van der Waals surface area (Å²) in [6.07, 6.45) is -3.91. The summed E-state index contributed by atoms with van der Waals surface area (Å²) in [4.78, 5) is 14.5. The number of hydrogen-bond acceptors (Lipinski definition) is 2. The Hall–Kier alpha value is -2.34. The van der Waals surface area contributed by atoms with Crippen LogP contribution in [-0.2, 0) is 12.6 Å². The standard InChI is InChI=1S/C19H17F3N2O/c20-19(21,22)15-8-4-7-14-16-11-23-10-13(24(16)18(25)17(14)15)9-12-5-2-1-3-6-12/h1-8,13,16,23H,9-11H2/t13-,16+/m0/s1. The van der Waals surface area contributed by atoms with E-state index in [1.54, 1.807) is 11.0 Å². The molecule has 1 N–H and O–H groups in total. The predicted octanol–water partition coefficient (Wildman–Crippen LogP) is 3.42. The van der Waals surface area contributed by atoms with Crippen molar-refractivity contribution in [3.8, 4) is 0 Å². The number of benzene rings is 2. The molecule has 1 fully saturated rings. The molecule has 130 valence electrons. The summed E-state index contributed by atoms with van der Waals surface area (Å²) in [5.41, 5.74) is 0.532. The fourth-order valence-electron chi connectivity index (χ4n) is 3.91. The second-order valence-corrected chi connectivity index (χ2v) is 6.50. The molecular weight excluding hydrogens is 329 g/mol. The van der Waals surface area contributed by atoms with Crippen LogP contribution in [0.25, 0.3) is 0 Å². The molecular formula is C19H17F3N2O. The lowest BCUT2D eigenvalue weighted by Gasteiger charge is -2.38. The Balaban J connectivity index is 1.72. The van der Waals surface area contributed by atoms with Gasteiger partial charge in [0.25, 0.3) is 5.91 Å². The van der Waals surface area contributed by atoms with Gasteiger partial charge in [-0.25, -0.2) is 0 Å². The normalized spacial score (nSPS) is 22.7. The second kappa shape index (κ2) is 5.88. The molecule has 2 heterocycles. The highest BCUT2D eigenvalue weighted by Gasteiger charge is 2.47. The molecule has 1 saturated heterocycles. The number of nitrogens with zero attached hydrogens (tertiary/aromatic N) is 1. The molecule has 0 radical (unpaired) electrons. The number of carbonyl (C=O) groups is 1. The maximum absolute atomic E-state index is 13.4. The van der Waals surface area contributed by atoms with E-state index in [0.717, 1.165) is 11.6 Å². The predicted molar refractivity (Wildman–Crippen MR) is 87.2 cm³/mol. The highest BCUT2D eigenvalue weighted by Crippen LogP contribution is 2.43. The van der Waals surface area contributed by atoms with E-state index in [1.807, 2.05) is 30.3 Å². The molecule has 3 nitrogen and oxygen atoms in total. The molecule has 0 spiro atoms.